The maximum atomic E-state index is 12.8. The van der Waals surface area contributed by atoms with Gasteiger partial charge in [-0.05, 0) is 37.5 Å². The summed E-state index contributed by atoms with van der Waals surface area (Å²) in [7, 11) is 0. The number of hydrazone groups is 1. The van der Waals surface area contributed by atoms with Gasteiger partial charge in [-0.3, -0.25) is 15.1 Å². The molecule has 0 bridgehead atoms. The fourth-order valence-corrected chi connectivity index (χ4v) is 3.75. The van der Waals surface area contributed by atoms with Gasteiger partial charge in [-0.25, -0.2) is 5.43 Å². The number of aromatic nitrogens is 4. The van der Waals surface area contributed by atoms with E-state index in [1.807, 2.05) is 17.0 Å². The van der Waals surface area contributed by atoms with Gasteiger partial charge in [0.25, 0.3) is 5.95 Å². The molecule has 1 aliphatic heterocycles. The largest absolute Gasteiger partial charge is 0.502 e. The number of hydrogen-bond donors (Lipinski definition) is 2. The second kappa shape index (κ2) is 11.0. The Morgan fingerprint density at radius 3 is 2.78 bits per heavy atom. The number of nitrogens with one attached hydrogen (secondary N) is 1. The summed E-state index contributed by atoms with van der Waals surface area (Å²) in [5, 5.41) is 24.9. The van der Waals surface area contributed by atoms with Gasteiger partial charge in [-0.2, -0.15) is 33.2 Å². The number of benzene rings is 1. The third kappa shape index (κ3) is 6.56. The summed E-state index contributed by atoms with van der Waals surface area (Å²) < 4.78 is 43.1. The lowest BCUT2D eigenvalue weighted by Gasteiger charge is -2.35. The molecule has 1 aromatic carbocycles. The molecule has 0 amide bonds. The Balaban J connectivity index is 1.63. The Bertz CT molecular complexity index is 1280. The van der Waals surface area contributed by atoms with Gasteiger partial charge in [-0.1, -0.05) is 12.1 Å². The SMILES string of the molecule is O=[N+]([O-])c1cccc(/C=N\Nc2nc(OCC(F)(F)F)nc(N3CCCC[C@@H]3c3ccccn3)n2)c1O. The van der Waals surface area contributed by atoms with E-state index < -0.39 is 35.2 Å². The molecule has 0 saturated carbocycles. The van der Waals surface area contributed by atoms with E-state index in [-0.39, 0.29) is 23.5 Å². The zero-order chi connectivity index (χ0) is 26.4. The molecule has 1 aliphatic rings. The maximum absolute atomic E-state index is 12.8. The van der Waals surface area contributed by atoms with E-state index in [4.69, 9.17) is 4.74 Å². The first-order valence-electron chi connectivity index (χ1n) is 11.1. The van der Waals surface area contributed by atoms with E-state index in [9.17, 15) is 28.4 Å². The first-order valence-corrected chi connectivity index (χ1v) is 11.1. The normalized spacial score (nSPS) is 16.1. The molecule has 15 heteroatoms. The van der Waals surface area contributed by atoms with Crippen molar-refractivity contribution >= 4 is 23.8 Å². The number of anilines is 2. The third-order valence-electron chi connectivity index (χ3n) is 5.37. The van der Waals surface area contributed by atoms with Crippen LogP contribution in [0.1, 0.15) is 36.6 Å². The number of piperidine rings is 1. The molecule has 1 atom stereocenters. The number of ether oxygens (including phenoxy) is 1. The summed E-state index contributed by atoms with van der Waals surface area (Å²) in [5.41, 5.74) is 2.73. The summed E-state index contributed by atoms with van der Waals surface area (Å²) in [6.45, 7) is -1.08. The summed E-state index contributed by atoms with van der Waals surface area (Å²) >= 11 is 0. The molecule has 3 heterocycles. The zero-order valence-corrected chi connectivity index (χ0v) is 19.2. The molecule has 37 heavy (non-hydrogen) atoms. The number of hydrogen-bond acceptors (Lipinski definition) is 11. The monoisotopic (exact) mass is 518 g/mol. The van der Waals surface area contributed by atoms with E-state index in [0.29, 0.717) is 6.54 Å². The Morgan fingerprint density at radius 1 is 1.22 bits per heavy atom. The first-order chi connectivity index (χ1) is 17.7. The molecule has 4 rings (SSSR count). The van der Waals surface area contributed by atoms with Crippen LogP contribution in [-0.2, 0) is 0 Å². The number of halogens is 3. The molecule has 0 radical (unpaired) electrons. The van der Waals surface area contributed by atoms with Gasteiger partial charge in [-0.15, -0.1) is 0 Å². The molecule has 2 aromatic heterocycles. The van der Waals surface area contributed by atoms with Crippen LogP contribution in [0.2, 0.25) is 0 Å². The highest BCUT2D eigenvalue weighted by atomic mass is 19.4. The van der Waals surface area contributed by atoms with Crippen molar-refractivity contribution in [3.8, 4) is 11.8 Å². The molecule has 0 unspecified atom stereocenters. The van der Waals surface area contributed by atoms with E-state index in [1.54, 1.807) is 12.3 Å². The van der Waals surface area contributed by atoms with E-state index in [0.717, 1.165) is 37.2 Å². The highest BCUT2D eigenvalue weighted by Gasteiger charge is 2.31. The van der Waals surface area contributed by atoms with Crippen molar-refractivity contribution in [1.82, 2.24) is 19.9 Å². The van der Waals surface area contributed by atoms with Crippen molar-refractivity contribution in [2.45, 2.75) is 31.5 Å². The number of nitrogens with zero attached hydrogens (tertiary/aromatic N) is 7. The number of phenols is 1. The topological polar surface area (TPSA) is 152 Å². The van der Waals surface area contributed by atoms with Gasteiger partial charge in [0, 0.05) is 24.4 Å². The zero-order valence-electron chi connectivity index (χ0n) is 19.2. The van der Waals surface area contributed by atoms with Crippen LogP contribution >= 0.6 is 0 Å². The fourth-order valence-electron chi connectivity index (χ4n) is 3.75. The highest BCUT2D eigenvalue weighted by Crippen LogP contribution is 2.33. The lowest BCUT2D eigenvalue weighted by atomic mass is 9.99. The van der Waals surface area contributed by atoms with Gasteiger partial charge in [0.1, 0.15) is 0 Å². The molecule has 3 aromatic rings. The molecule has 1 fully saturated rings. The fraction of sp³-hybridized carbons (Fsp3) is 0.318. The van der Waals surface area contributed by atoms with Crippen molar-refractivity contribution in [2.24, 2.45) is 5.10 Å². The Kier molecular flexibility index (Phi) is 7.60. The van der Waals surface area contributed by atoms with Gasteiger partial charge in [0.2, 0.25) is 11.7 Å². The van der Waals surface area contributed by atoms with E-state index >= 15 is 0 Å². The molecule has 194 valence electrons. The Labute approximate surface area is 208 Å². The van der Waals surface area contributed by atoms with Crippen molar-refractivity contribution in [1.29, 1.82) is 0 Å². The lowest BCUT2D eigenvalue weighted by molar-refractivity contribution is -0.385. The van der Waals surface area contributed by atoms with Crippen LogP contribution in [0.3, 0.4) is 0 Å². The summed E-state index contributed by atoms with van der Waals surface area (Å²) in [6, 6.07) is 8.55. The molecule has 12 nitrogen and oxygen atoms in total. The molecular weight excluding hydrogens is 497 g/mol. The van der Waals surface area contributed by atoms with Gasteiger partial charge >= 0.3 is 17.9 Å². The van der Waals surface area contributed by atoms with Gasteiger partial charge < -0.3 is 14.7 Å². The van der Waals surface area contributed by atoms with Crippen molar-refractivity contribution in [3.05, 3.63) is 64.0 Å². The number of nitro benzene ring substituents is 1. The smallest absolute Gasteiger partial charge is 0.422 e. The Hall–Kier alpha value is -4.56. The van der Waals surface area contributed by atoms with E-state index in [2.05, 4.69) is 30.5 Å². The molecule has 1 saturated heterocycles. The third-order valence-corrected chi connectivity index (χ3v) is 5.37. The van der Waals surface area contributed by atoms with Gasteiger partial charge in [0.15, 0.2) is 6.61 Å². The van der Waals surface area contributed by atoms with Crippen molar-refractivity contribution in [3.63, 3.8) is 0 Å². The molecular formula is C22H21F3N8O4. The number of phenolic OH excluding ortho intramolecular Hbond substituents is 1. The highest BCUT2D eigenvalue weighted by molar-refractivity contribution is 5.85. The standard InChI is InChI=1S/C22H21F3N8O4/c23-22(24,25)13-37-21-29-19(31-27-12-14-6-5-9-17(18(14)34)33(35)36)28-20(30-21)32-11-4-2-8-16(32)15-7-1-3-10-26-15/h1,3,5-7,9-10,12,16,34H,2,4,8,11,13H2,(H,28,29,30,31)/b27-12-/t16-/m1/s1. The van der Waals surface area contributed by atoms with Crippen LogP contribution in [-0.4, -0.2) is 55.5 Å². The second-order valence-corrected chi connectivity index (χ2v) is 7.95. The lowest BCUT2D eigenvalue weighted by Crippen LogP contribution is -2.35. The average Bonchev–Trinajstić information content (AvgIpc) is 2.88. The summed E-state index contributed by atoms with van der Waals surface area (Å²) in [5.74, 6) is -0.762. The predicted molar refractivity (Wildman–Crippen MR) is 126 cm³/mol. The summed E-state index contributed by atoms with van der Waals surface area (Å²) in [6.07, 6.45) is 0.579. The predicted octanol–water partition coefficient (Wildman–Crippen LogP) is 4.00. The number of aromatic hydroxyl groups is 1. The van der Waals surface area contributed by atoms with Crippen LogP contribution < -0.4 is 15.1 Å². The minimum atomic E-state index is -4.61. The number of para-hydroxylation sites is 1. The van der Waals surface area contributed by atoms with Crippen LogP contribution in [0.5, 0.6) is 11.8 Å². The molecule has 0 aliphatic carbocycles. The average molecular weight is 518 g/mol. The van der Waals surface area contributed by atoms with Crippen molar-refractivity contribution in [2.75, 3.05) is 23.5 Å². The van der Waals surface area contributed by atoms with Crippen LogP contribution in [0.15, 0.2) is 47.7 Å². The van der Waals surface area contributed by atoms with Gasteiger partial charge in [0.05, 0.1) is 22.9 Å². The number of nitro groups is 1. The Morgan fingerprint density at radius 2 is 2.05 bits per heavy atom. The van der Waals surface area contributed by atoms with Crippen molar-refractivity contribution < 1.29 is 27.9 Å². The first kappa shape index (κ1) is 25.5. The molecule has 0 spiro atoms. The minimum absolute atomic E-state index is 0.0239. The summed E-state index contributed by atoms with van der Waals surface area (Å²) in [4.78, 5) is 28.7. The maximum Gasteiger partial charge on any atom is 0.422 e. The quantitative estimate of drug-likeness (QED) is 0.254. The number of rotatable bonds is 8. The number of pyridine rings is 1. The second-order valence-electron chi connectivity index (χ2n) is 7.95. The van der Waals surface area contributed by atoms with Crippen LogP contribution in [0.4, 0.5) is 30.8 Å². The minimum Gasteiger partial charge on any atom is -0.502 e. The van der Waals surface area contributed by atoms with E-state index in [1.165, 1.54) is 12.1 Å². The van der Waals surface area contributed by atoms with Crippen LogP contribution in [0, 0.1) is 10.1 Å². The molecule has 2 N–H and O–H groups in total. The van der Waals surface area contributed by atoms with Crippen LogP contribution in [0.25, 0.3) is 0 Å². The number of alkyl halides is 3.